The van der Waals surface area contributed by atoms with Crippen LogP contribution in [0.25, 0.3) is 21.9 Å². The van der Waals surface area contributed by atoms with Gasteiger partial charge in [-0.1, -0.05) is 62.2 Å². The number of imidazole rings is 1. The Morgan fingerprint density at radius 2 is 1.85 bits per heavy atom. The molecule has 2 heterocycles. The summed E-state index contributed by atoms with van der Waals surface area (Å²) in [5.41, 5.74) is 11.4. The van der Waals surface area contributed by atoms with E-state index >= 15 is 0 Å². The number of nitrogens with one attached hydrogen (secondary N) is 1. The normalized spacial score (nSPS) is 14.0. The Hall–Kier alpha value is -3.41. The fraction of sp³-hybridized carbons (Fsp3) is 0.370. The van der Waals surface area contributed by atoms with E-state index in [0.717, 1.165) is 72.0 Å². The first-order valence-electron chi connectivity index (χ1n) is 12.0. The van der Waals surface area contributed by atoms with Crippen LogP contribution in [-0.2, 0) is 24.3 Å². The van der Waals surface area contributed by atoms with Crippen LogP contribution >= 0.6 is 0 Å². The van der Waals surface area contributed by atoms with E-state index in [1.54, 1.807) is 0 Å². The molecule has 33 heavy (non-hydrogen) atoms. The number of unbranched alkanes of at least 4 members (excludes halogenated alkanes) is 1. The molecule has 0 bridgehead atoms. The van der Waals surface area contributed by atoms with Gasteiger partial charge in [0.25, 0.3) is 0 Å². The number of benzene rings is 2. The van der Waals surface area contributed by atoms with Crippen LogP contribution in [-0.4, -0.2) is 20.4 Å². The number of fused-ring (bicyclic) bond motifs is 3. The number of aromatic nitrogens is 3. The highest BCUT2D eigenvalue weighted by Crippen LogP contribution is 2.30. The van der Waals surface area contributed by atoms with Crippen LogP contribution in [0.5, 0.6) is 0 Å². The predicted octanol–water partition coefficient (Wildman–Crippen LogP) is 4.97. The Labute approximate surface area is 194 Å². The van der Waals surface area contributed by atoms with Crippen molar-refractivity contribution in [2.75, 3.05) is 5.73 Å². The molecule has 2 aromatic carbocycles. The van der Waals surface area contributed by atoms with Gasteiger partial charge >= 0.3 is 0 Å². The van der Waals surface area contributed by atoms with E-state index in [9.17, 15) is 4.79 Å². The van der Waals surface area contributed by atoms with Gasteiger partial charge in [0, 0.05) is 30.8 Å². The zero-order valence-electron chi connectivity index (χ0n) is 19.2. The molecule has 0 spiro atoms. The number of rotatable bonds is 8. The lowest BCUT2D eigenvalue weighted by molar-refractivity contribution is -0.127. The van der Waals surface area contributed by atoms with E-state index in [1.165, 1.54) is 12.0 Å². The van der Waals surface area contributed by atoms with Crippen molar-refractivity contribution in [3.8, 4) is 0 Å². The van der Waals surface area contributed by atoms with Crippen molar-refractivity contribution in [1.82, 2.24) is 19.9 Å². The summed E-state index contributed by atoms with van der Waals surface area (Å²) in [6, 6.07) is 16.6. The molecule has 6 nitrogen and oxygen atoms in total. The van der Waals surface area contributed by atoms with Crippen molar-refractivity contribution in [2.24, 2.45) is 5.92 Å². The lowest BCUT2D eigenvalue weighted by Gasteiger charge is -2.24. The highest BCUT2D eigenvalue weighted by molar-refractivity contribution is 6.06. The van der Waals surface area contributed by atoms with Gasteiger partial charge in [0.1, 0.15) is 11.3 Å². The molecule has 2 aromatic heterocycles. The molecule has 0 aliphatic heterocycles. The molecule has 3 N–H and O–H groups in total. The molecule has 1 aliphatic carbocycles. The maximum absolute atomic E-state index is 12.1. The standard InChI is InChI=1S/C27H31N5O/c1-2-3-11-23-31-24-25(21-9-4-5-10-22(21)30-26(24)28)32(23)17-19-14-12-18(13-15-19)16-29-27(33)20-7-6-8-20/h4-5,9-10,12-15,20H,2-3,6-8,11,16-17H2,1H3,(H2,28,30)(H,29,33). The summed E-state index contributed by atoms with van der Waals surface area (Å²) in [5.74, 6) is 1.94. The number of pyridine rings is 1. The minimum atomic E-state index is 0.189. The summed E-state index contributed by atoms with van der Waals surface area (Å²) in [4.78, 5) is 21.6. The molecular formula is C27H31N5O. The van der Waals surface area contributed by atoms with Crippen LogP contribution in [0.15, 0.2) is 48.5 Å². The maximum atomic E-state index is 12.1. The van der Waals surface area contributed by atoms with Crippen molar-refractivity contribution in [3.05, 3.63) is 65.5 Å². The van der Waals surface area contributed by atoms with Gasteiger partial charge in [-0.3, -0.25) is 4.79 Å². The van der Waals surface area contributed by atoms with Gasteiger partial charge in [-0.25, -0.2) is 9.97 Å². The third-order valence-electron chi connectivity index (χ3n) is 6.75. The highest BCUT2D eigenvalue weighted by atomic mass is 16.1. The van der Waals surface area contributed by atoms with E-state index in [1.807, 2.05) is 18.2 Å². The zero-order chi connectivity index (χ0) is 22.8. The number of carbonyl (C=O) groups excluding carboxylic acids is 1. The minimum Gasteiger partial charge on any atom is -0.382 e. The van der Waals surface area contributed by atoms with Gasteiger partial charge in [-0.2, -0.15) is 0 Å². The molecule has 170 valence electrons. The second-order valence-corrected chi connectivity index (χ2v) is 9.09. The number of nitrogens with two attached hydrogens (primary N) is 1. The molecule has 0 radical (unpaired) electrons. The smallest absolute Gasteiger partial charge is 0.223 e. The molecule has 4 aromatic rings. The fourth-order valence-corrected chi connectivity index (χ4v) is 4.55. The lowest BCUT2D eigenvalue weighted by Crippen LogP contribution is -2.33. The summed E-state index contributed by atoms with van der Waals surface area (Å²) in [7, 11) is 0. The highest BCUT2D eigenvalue weighted by Gasteiger charge is 2.24. The first-order chi connectivity index (χ1) is 16.1. The first-order valence-corrected chi connectivity index (χ1v) is 12.0. The maximum Gasteiger partial charge on any atom is 0.223 e. The van der Waals surface area contributed by atoms with Gasteiger partial charge in [-0.15, -0.1) is 0 Å². The Morgan fingerprint density at radius 3 is 2.58 bits per heavy atom. The zero-order valence-corrected chi connectivity index (χ0v) is 19.2. The van der Waals surface area contributed by atoms with Crippen LogP contribution < -0.4 is 11.1 Å². The fourth-order valence-electron chi connectivity index (χ4n) is 4.55. The van der Waals surface area contributed by atoms with Gasteiger partial charge < -0.3 is 15.6 Å². The van der Waals surface area contributed by atoms with Gasteiger partial charge in [0.15, 0.2) is 5.82 Å². The van der Waals surface area contributed by atoms with Gasteiger partial charge in [0.2, 0.25) is 5.91 Å². The molecule has 1 aliphatic rings. The number of carbonyl (C=O) groups is 1. The lowest BCUT2D eigenvalue weighted by atomic mass is 9.85. The number of nitrogen functional groups attached to an aromatic ring is 1. The summed E-state index contributed by atoms with van der Waals surface area (Å²) >= 11 is 0. The quantitative estimate of drug-likeness (QED) is 0.404. The van der Waals surface area contributed by atoms with E-state index in [0.29, 0.717) is 12.4 Å². The molecule has 1 fully saturated rings. The summed E-state index contributed by atoms with van der Waals surface area (Å²) in [5, 5.41) is 4.15. The third-order valence-corrected chi connectivity index (χ3v) is 6.75. The molecule has 0 atom stereocenters. The van der Waals surface area contributed by atoms with Crippen LogP contribution in [0.2, 0.25) is 0 Å². The molecule has 5 rings (SSSR count). The number of amides is 1. The van der Waals surface area contributed by atoms with Crippen molar-refractivity contribution in [2.45, 2.75) is 58.5 Å². The summed E-state index contributed by atoms with van der Waals surface area (Å²) < 4.78 is 2.30. The van der Waals surface area contributed by atoms with Crippen LogP contribution in [0.4, 0.5) is 5.82 Å². The number of aryl methyl sites for hydroxylation is 1. The van der Waals surface area contributed by atoms with Crippen molar-refractivity contribution >= 4 is 33.7 Å². The Morgan fingerprint density at radius 1 is 1.09 bits per heavy atom. The molecule has 0 saturated heterocycles. The minimum absolute atomic E-state index is 0.189. The number of hydrogen-bond acceptors (Lipinski definition) is 4. The van der Waals surface area contributed by atoms with E-state index < -0.39 is 0 Å². The van der Waals surface area contributed by atoms with Crippen molar-refractivity contribution < 1.29 is 4.79 Å². The molecule has 1 saturated carbocycles. The van der Waals surface area contributed by atoms with Crippen molar-refractivity contribution in [3.63, 3.8) is 0 Å². The van der Waals surface area contributed by atoms with Crippen molar-refractivity contribution in [1.29, 1.82) is 0 Å². The topological polar surface area (TPSA) is 85.8 Å². The monoisotopic (exact) mass is 441 g/mol. The Bertz CT molecular complexity index is 1290. The van der Waals surface area contributed by atoms with E-state index in [2.05, 4.69) is 52.1 Å². The summed E-state index contributed by atoms with van der Waals surface area (Å²) in [6.45, 7) is 3.50. The Kier molecular flexibility index (Phi) is 5.99. The molecule has 0 unspecified atom stereocenters. The largest absolute Gasteiger partial charge is 0.382 e. The number of para-hydroxylation sites is 1. The predicted molar refractivity (Wildman–Crippen MR) is 133 cm³/mol. The second kappa shape index (κ2) is 9.22. The second-order valence-electron chi connectivity index (χ2n) is 9.09. The van der Waals surface area contributed by atoms with E-state index in [4.69, 9.17) is 10.7 Å². The average molecular weight is 442 g/mol. The SMILES string of the molecule is CCCCc1nc2c(N)nc3ccccc3c2n1Cc1ccc(CNC(=O)C2CCC2)cc1. The number of anilines is 1. The van der Waals surface area contributed by atoms with Gasteiger partial charge in [0.05, 0.1) is 11.0 Å². The first kappa shape index (κ1) is 21.4. The van der Waals surface area contributed by atoms with Gasteiger partial charge in [-0.05, 0) is 36.5 Å². The van der Waals surface area contributed by atoms with E-state index in [-0.39, 0.29) is 11.8 Å². The summed E-state index contributed by atoms with van der Waals surface area (Å²) in [6.07, 6.45) is 6.32. The number of nitrogens with zero attached hydrogens (tertiary/aromatic N) is 3. The van der Waals surface area contributed by atoms with Crippen LogP contribution in [0.3, 0.4) is 0 Å². The van der Waals surface area contributed by atoms with Crippen LogP contribution in [0.1, 0.15) is 56.0 Å². The molecule has 1 amide bonds. The number of hydrogen-bond donors (Lipinski definition) is 2. The van der Waals surface area contributed by atoms with Crippen LogP contribution in [0, 0.1) is 5.92 Å². The third kappa shape index (κ3) is 4.30. The molecular weight excluding hydrogens is 410 g/mol. The Balaban J connectivity index is 1.44. The molecule has 6 heteroatoms. The average Bonchev–Trinajstić information content (AvgIpc) is 3.15.